The van der Waals surface area contributed by atoms with E-state index in [0.717, 1.165) is 29.7 Å². The van der Waals surface area contributed by atoms with Gasteiger partial charge in [-0.05, 0) is 50.3 Å². The average molecular weight is 341 g/mol. The van der Waals surface area contributed by atoms with E-state index in [1.54, 1.807) is 4.68 Å². The Balaban J connectivity index is 1.83. The highest BCUT2D eigenvalue weighted by atomic mass is 16.4. The number of carbonyl (C=O) groups is 2. The molecule has 0 bridgehead atoms. The molecule has 132 valence electrons. The summed E-state index contributed by atoms with van der Waals surface area (Å²) >= 11 is 0. The van der Waals surface area contributed by atoms with Gasteiger partial charge in [0.2, 0.25) is 0 Å². The van der Waals surface area contributed by atoms with Gasteiger partial charge in [0.15, 0.2) is 0 Å². The van der Waals surface area contributed by atoms with Crippen LogP contribution in [0.1, 0.15) is 46.4 Å². The molecule has 1 heterocycles. The quantitative estimate of drug-likeness (QED) is 0.846. The number of carbonyl (C=O) groups excluding carboxylic acids is 1. The number of hydrogen-bond acceptors (Lipinski definition) is 3. The second-order valence-electron chi connectivity index (χ2n) is 6.89. The molecule has 0 saturated heterocycles. The predicted molar refractivity (Wildman–Crippen MR) is 94.0 cm³/mol. The second kappa shape index (κ2) is 6.70. The number of aliphatic carboxylic acids is 1. The summed E-state index contributed by atoms with van der Waals surface area (Å²) in [6.07, 6.45) is 4.08. The first-order valence-electron chi connectivity index (χ1n) is 8.52. The minimum atomic E-state index is -0.986. The minimum absolute atomic E-state index is 0.387. The largest absolute Gasteiger partial charge is 0.480 e. The Hall–Kier alpha value is -2.63. The van der Waals surface area contributed by atoms with Crippen molar-refractivity contribution in [2.24, 2.45) is 5.92 Å². The lowest BCUT2D eigenvalue weighted by Gasteiger charge is -2.14. The van der Waals surface area contributed by atoms with Crippen molar-refractivity contribution >= 4 is 11.9 Å². The molecule has 1 aromatic carbocycles. The fourth-order valence-electron chi connectivity index (χ4n) is 2.97. The Morgan fingerprint density at radius 3 is 2.68 bits per heavy atom. The molecule has 6 nitrogen and oxygen atoms in total. The lowest BCUT2D eigenvalue weighted by atomic mass is 10.1. The number of hydrogen-bond donors (Lipinski definition) is 2. The number of carboxylic acids is 1. The Labute approximate surface area is 146 Å². The van der Waals surface area contributed by atoms with Crippen molar-refractivity contribution in [3.8, 4) is 5.69 Å². The van der Waals surface area contributed by atoms with E-state index in [2.05, 4.69) is 10.4 Å². The molecule has 1 fully saturated rings. The third-order valence-corrected chi connectivity index (χ3v) is 4.72. The molecule has 1 aromatic heterocycles. The van der Waals surface area contributed by atoms with Crippen LogP contribution >= 0.6 is 0 Å². The number of rotatable bonds is 6. The summed E-state index contributed by atoms with van der Waals surface area (Å²) in [7, 11) is 0. The summed E-state index contributed by atoms with van der Waals surface area (Å²) in [5, 5.41) is 16.3. The molecular formula is C19H23N3O3. The highest BCUT2D eigenvalue weighted by Crippen LogP contribution is 2.33. The van der Waals surface area contributed by atoms with Gasteiger partial charge in [0.05, 0.1) is 23.1 Å². The highest BCUT2D eigenvalue weighted by molar-refractivity contribution is 5.97. The van der Waals surface area contributed by atoms with Gasteiger partial charge in [0.1, 0.15) is 6.04 Å². The van der Waals surface area contributed by atoms with Crippen molar-refractivity contribution in [3.63, 3.8) is 0 Å². The Morgan fingerprint density at radius 1 is 1.32 bits per heavy atom. The van der Waals surface area contributed by atoms with Crippen molar-refractivity contribution in [3.05, 3.63) is 46.8 Å². The molecule has 1 saturated carbocycles. The van der Waals surface area contributed by atoms with E-state index in [1.165, 1.54) is 6.20 Å². The predicted octanol–water partition coefficient (Wildman–Crippen LogP) is 2.78. The molecule has 1 unspecified atom stereocenters. The van der Waals surface area contributed by atoms with E-state index >= 15 is 0 Å². The van der Waals surface area contributed by atoms with Gasteiger partial charge in [-0.2, -0.15) is 5.10 Å². The summed E-state index contributed by atoms with van der Waals surface area (Å²) in [6, 6.07) is 5.22. The van der Waals surface area contributed by atoms with Gasteiger partial charge in [-0.3, -0.25) is 4.79 Å². The zero-order chi connectivity index (χ0) is 18.1. The zero-order valence-electron chi connectivity index (χ0n) is 14.7. The highest BCUT2D eigenvalue weighted by Gasteiger charge is 2.31. The molecule has 0 radical (unpaired) electrons. The first kappa shape index (κ1) is 17.2. The third-order valence-electron chi connectivity index (χ3n) is 4.72. The topological polar surface area (TPSA) is 84.2 Å². The maximum atomic E-state index is 12.6. The van der Waals surface area contributed by atoms with Crippen LogP contribution in [0, 0.1) is 26.7 Å². The molecular weight excluding hydrogens is 318 g/mol. The number of carboxylic acid groups (broad SMARTS) is 1. The first-order valence-corrected chi connectivity index (χ1v) is 8.52. The Bertz CT molecular complexity index is 821. The Morgan fingerprint density at radius 2 is 2.04 bits per heavy atom. The molecule has 25 heavy (non-hydrogen) atoms. The van der Waals surface area contributed by atoms with Gasteiger partial charge in [-0.15, -0.1) is 0 Å². The number of aromatic nitrogens is 2. The van der Waals surface area contributed by atoms with Crippen LogP contribution in [0.2, 0.25) is 0 Å². The molecule has 0 aliphatic heterocycles. The molecule has 3 rings (SSSR count). The van der Waals surface area contributed by atoms with Crippen LogP contribution in [0.5, 0.6) is 0 Å². The molecule has 1 aliphatic carbocycles. The maximum absolute atomic E-state index is 12.6. The van der Waals surface area contributed by atoms with Crippen LogP contribution in [0.25, 0.3) is 5.69 Å². The zero-order valence-corrected chi connectivity index (χ0v) is 14.7. The van der Waals surface area contributed by atoms with E-state index in [-0.39, 0.29) is 5.91 Å². The number of nitrogens with zero attached hydrogens (tertiary/aromatic N) is 2. The van der Waals surface area contributed by atoms with Gasteiger partial charge in [0.25, 0.3) is 5.91 Å². The minimum Gasteiger partial charge on any atom is -0.480 e. The van der Waals surface area contributed by atoms with Gasteiger partial charge in [0, 0.05) is 0 Å². The summed E-state index contributed by atoms with van der Waals surface area (Å²) in [4.78, 5) is 23.9. The van der Waals surface area contributed by atoms with Crippen molar-refractivity contribution in [1.29, 1.82) is 0 Å². The summed E-state index contributed by atoms with van der Waals surface area (Å²) < 4.78 is 1.73. The maximum Gasteiger partial charge on any atom is 0.326 e. The summed E-state index contributed by atoms with van der Waals surface area (Å²) in [6.45, 7) is 5.82. The van der Waals surface area contributed by atoms with Crippen molar-refractivity contribution in [1.82, 2.24) is 15.1 Å². The van der Waals surface area contributed by atoms with E-state index in [1.807, 2.05) is 39.0 Å². The summed E-state index contributed by atoms with van der Waals surface area (Å²) in [5.74, 6) is -0.956. The number of aryl methyl sites for hydroxylation is 2. The van der Waals surface area contributed by atoms with E-state index in [0.29, 0.717) is 23.6 Å². The van der Waals surface area contributed by atoms with Crippen LogP contribution in [0.4, 0.5) is 0 Å². The molecule has 1 amide bonds. The molecule has 2 N–H and O–H groups in total. The smallest absolute Gasteiger partial charge is 0.326 e. The van der Waals surface area contributed by atoms with E-state index in [9.17, 15) is 14.7 Å². The number of amides is 1. The lowest BCUT2D eigenvalue weighted by molar-refractivity contribution is -0.139. The molecule has 6 heteroatoms. The Kier molecular flexibility index (Phi) is 4.61. The van der Waals surface area contributed by atoms with Crippen LogP contribution < -0.4 is 5.32 Å². The number of benzene rings is 1. The van der Waals surface area contributed by atoms with Gasteiger partial charge in [-0.25, -0.2) is 9.48 Å². The van der Waals surface area contributed by atoms with Crippen LogP contribution in [0.15, 0.2) is 24.4 Å². The fraction of sp³-hybridized carbons (Fsp3) is 0.421. The fourth-order valence-corrected chi connectivity index (χ4v) is 2.97. The standard InChI is InChI=1S/C19H23N3O3/c1-11-4-5-12(2)17(8-11)22-13(3)15(10-20-22)18(23)21-16(19(24)25)9-14-6-7-14/h4-5,8,10,14,16H,6-7,9H2,1-3H3,(H,21,23)(H,24,25). The second-order valence-corrected chi connectivity index (χ2v) is 6.89. The summed E-state index contributed by atoms with van der Waals surface area (Å²) in [5.41, 5.74) is 4.19. The van der Waals surface area contributed by atoms with Crippen LogP contribution in [-0.4, -0.2) is 32.8 Å². The van der Waals surface area contributed by atoms with Gasteiger partial charge in [-0.1, -0.05) is 25.0 Å². The number of nitrogens with one attached hydrogen (secondary N) is 1. The van der Waals surface area contributed by atoms with Gasteiger partial charge < -0.3 is 10.4 Å². The monoisotopic (exact) mass is 341 g/mol. The van der Waals surface area contributed by atoms with Crippen molar-refractivity contribution in [2.75, 3.05) is 0 Å². The first-order chi connectivity index (χ1) is 11.9. The van der Waals surface area contributed by atoms with E-state index < -0.39 is 12.0 Å². The van der Waals surface area contributed by atoms with Crippen LogP contribution in [0.3, 0.4) is 0 Å². The SMILES string of the molecule is Cc1ccc(C)c(-n2ncc(C(=O)NC(CC3CC3)C(=O)O)c2C)c1. The molecule has 2 aromatic rings. The van der Waals surface area contributed by atoms with Crippen molar-refractivity contribution < 1.29 is 14.7 Å². The molecule has 1 atom stereocenters. The van der Waals surface area contributed by atoms with Gasteiger partial charge >= 0.3 is 5.97 Å². The molecule has 1 aliphatic rings. The average Bonchev–Trinajstić information content (AvgIpc) is 3.29. The third kappa shape index (κ3) is 3.73. The van der Waals surface area contributed by atoms with Crippen LogP contribution in [-0.2, 0) is 4.79 Å². The van der Waals surface area contributed by atoms with Crippen molar-refractivity contribution in [2.45, 2.75) is 46.1 Å². The lowest BCUT2D eigenvalue weighted by Crippen LogP contribution is -2.41. The molecule has 0 spiro atoms. The van der Waals surface area contributed by atoms with E-state index in [4.69, 9.17) is 0 Å². The normalized spacial score (nSPS) is 15.0.